The first-order valence-corrected chi connectivity index (χ1v) is 5.08. The van der Waals surface area contributed by atoms with Gasteiger partial charge in [0.15, 0.2) is 0 Å². The molecular weight excluding hydrogens is 174 g/mol. The lowest BCUT2D eigenvalue weighted by atomic mass is 10.1. The van der Waals surface area contributed by atoms with Gasteiger partial charge in [-0.25, -0.2) is 0 Å². The first-order valence-electron chi connectivity index (χ1n) is 5.08. The number of fused-ring (bicyclic) bond motifs is 1. The molecule has 1 fully saturated rings. The van der Waals surface area contributed by atoms with Gasteiger partial charge in [0.2, 0.25) is 0 Å². The molecule has 0 saturated heterocycles. The number of para-hydroxylation sites is 1. The topological polar surface area (TPSA) is 39.2 Å². The van der Waals surface area contributed by atoms with Gasteiger partial charge in [0.25, 0.3) is 0 Å². The van der Waals surface area contributed by atoms with Gasteiger partial charge < -0.3 is 10.2 Å². The molecule has 1 unspecified atom stereocenters. The van der Waals surface area contributed by atoms with E-state index in [0.29, 0.717) is 5.92 Å². The summed E-state index contributed by atoms with van der Waals surface area (Å²) in [4.78, 5) is 0. The quantitative estimate of drug-likeness (QED) is 0.785. The lowest BCUT2D eigenvalue weighted by Crippen LogP contribution is -2.10. The average Bonchev–Trinajstić information content (AvgIpc) is 2.95. The van der Waals surface area contributed by atoms with Crippen molar-refractivity contribution in [2.45, 2.75) is 18.9 Å². The van der Waals surface area contributed by atoms with E-state index in [1.54, 1.807) is 0 Å². The van der Waals surface area contributed by atoms with Crippen LogP contribution in [-0.2, 0) is 0 Å². The Balaban J connectivity index is 2.04. The molecule has 1 saturated carbocycles. The number of hydrogen-bond donors (Lipinski definition) is 1. The summed E-state index contributed by atoms with van der Waals surface area (Å²) < 4.78 is 5.71. The van der Waals surface area contributed by atoms with Gasteiger partial charge in [0.05, 0.1) is 6.04 Å². The molecule has 2 aromatic rings. The van der Waals surface area contributed by atoms with Gasteiger partial charge in [-0.15, -0.1) is 0 Å². The van der Waals surface area contributed by atoms with E-state index in [2.05, 4.69) is 12.1 Å². The van der Waals surface area contributed by atoms with E-state index in [0.717, 1.165) is 16.7 Å². The van der Waals surface area contributed by atoms with Crippen molar-refractivity contribution in [3.05, 3.63) is 36.1 Å². The predicted molar refractivity (Wildman–Crippen MR) is 55.9 cm³/mol. The van der Waals surface area contributed by atoms with Gasteiger partial charge in [-0.2, -0.15) is 0 Å². The van der Waals surface area contributed by atoms with E-state index in [-0.39, 0.29) is 6.04 Å². The second kappa shape index (κ2) is 2.85. The summed E-state index contributed by atoms with van der Waals surface area (Å²) in [6.45, 7) is 0. The van der Waals surface area contributed by atoms with Gasteiger partial charge in [-0.1, -0.05) is 18.2 Å². The Bertz CT molecular complexity index is 423. The molecule has 1 aliphatic rings. The maximum atomic E-state index is 6.07. The average molecular weight is 187 g/mol. The van der Waals surface area contributed by atoms with E-state index in [1.807, 2.05) is 18.2 Å². The van der Waals surface area contributed by atoms with Crippen molar-refractivity contribution in [1.82, 2.24) is 0 Å². The molecule has 2 heteroatoms. The van der Waals surface area contributed by atoms with Crippen molar-refractivity contribution in [2.75, 3.05) is 0 Å². The molecule has 1 atom stereocenters. The van der Waals surface area contributed by atoms with Crippen LogP contribution in [0.15, 0.2) is 34.7 Å². The van der Waals surface area contributed by atoms with Gasteiger partial charge in [-0.3, -0.25) is 0 Å². The van der Waals surface area contributed by atoms with E-state index in [9.17, 15) is 0 Å². The van der Waals surface area contributed by atoms with E-state index >= 15 is 0 Å². The van der Waals surface area contributed by atoms with Crippen LogP contribution < -0.4 is 5.73 Å². The molecule has 1 aromatic carbocycles. The SMILES string of the molecule is NC(c1cc2ccccc2o1)C1CC1. The van der Waals surface area contributed by atoms with E-state index < -0.39 is 0 Å². The number of benzene rings is 1. The number of rotatable bonds is 2. The lowest BCUT2D eigenvalue weighted by Gasteiger charge is -2.04. The molecule has 0 spiro atoms. The minimum Gasteiger partial charge on any atom is -0.459 e. The van der Waals surface area contributed by atoms with E-state index in [4.69, 9.17) is 10.2 Å². The van der Waals surface area contributed by atoms with Crippen LogP contribution in [0.25, 0.3) is 11.0 Å². The molecule has 0 aliphatic heterocycles. The minimum atomic E-state index is 0.0994. The third-order valence-electron chi connectivity index (χ3n) is 2.90. The molecule has 2 N–H and O–H groups in total. The first kappa shape index (κ1) is 8.06. The maximum Gasteiger partial charge on any atom is 0.134 e. The summed E-state index contributed by atoms with van der Waals surface area (Å²) in [5.41, 5.74) is 7.01. The monoisotopic (exact) mass is 187 g/mol. The van der Waals surface area contributed by atoms with Gasteiger partial charge in [0.1, 0.15) is 11.3 Å². The normalized spacial score (nSPS) is 18.6. The van der Waals surface area contributed by atoms with Crippen molar-refractivity contribution >= 4 is 11.0 Å². The van der Waals surface area contributed by atoms with Gasteiger partial charge >= 0.3 is 0 Å². The van der Waals surface area contributed by atoms with Crippen LogP contribution in [0, 0.1) is 5.92 Å². The van der Waals surface area contributed by atoms with E-state index in [1.165, 1.54) is 12.8 Å². The summed E-state index contributed by atoms with van der Waals surface area (Å²) in [5.74, 6) is 1.59. The van der Waals surface area contributed by atoms with Crippen LogP contribution in [0.4, 0.5) is 0 Å². The van der Waals surface area contributed by atoms with Crippen LogP contribution in [0.1, 0.15) is 24.6 Å². The molecule has 1 heterocycles. The fraction of sp³-hybridized carbons (Fsp3) is 0.333. The second-order valence-electron chi connectivity index (χ2n) is 4.05. The van der Waals surface area contributed by atoms with Crippen LogP contribution in [-0.4, -0.2) is 0 Å². The Hall–Kier alpha value is -1.28. The van der Waals surface area contributed by atoms with Gasteiger partial charge in [0, 0.05) is 5.39 Å². The molecule has 1 aliphatic carbocycles. The highest BCUT2D eigenvalue weighted by molar-refractivity contribution is 5.77. The Morgan fingerprint density at radius 3 is 2.79 bits per heavy atom. The number of hydrogen-bond acceptors (Lipinski definition) is 2. The minimum absolute atomic E-state index is 0.0994. The van der Waals surface area contributed by atoms with Crippen molar-refractivity contribution in [1.29, 1.82) is 0 Å². The van der Waals surface area contributed by atoms with Crippen molar-refractivity contribution < 1.29 is 4.42 Å². The smallest absolute Gasteiger partial charge is 0.134 e. The molecular formula is C12H13NO. The van der Waals surface area contributed by atoms with Crippen LogP contribution in [0.3, 0.4) is 0 Å². The van der Waals surface area contributed by atoms with Crippen LogP contribution in [0.2, 0.25) is 0 Å². The standard InChI is InChI=1S/C12H13NO/c13-12(8-5-6-8)11-7-9-3-1-2-4-10(9)14-11/h1-4,7-8,12H,5-6,13H2. The highest BCUT2D eigenvalue weighted by atomic mass is 16.3. The third kappa shape index (κ3) is 1.23. The molecule has 2 nitrogen and oxygen atoms in total. The third-order valence-corrected chi connectivity index (χ3v) is 2.90. The number of furan rings is 1. The molecule has 0 amide bonds. The Morgan fingerprint density at radius 2 is 2.07 bits per heavy atom. The summed E-state index contributed by atoms with van der Waals surface area (Å²) >= 11 is 0. The predicted octanol–water partition coefficient (Wildman–Crippen LogP) is 2.84. The maximum absolute atomic E-state index is 6.07. The molecule has 0 radical (unpaired) electrons. The molecule has 72 valence electrons. The summed E-state index contributed by atoms with van der Waals surface area (Å²) in [6, 6.07) is 10.2. The van der Waals surface area contributed by atoms with Crippen molar-refractivity contribution in [3.63, 3.8) is 0 Å². The molecule has 14 heavy (non-hydrogen) atoms. The fourth-order valence-corrected chi connectivity index (χ4v) is 1.85. The van der Waals surface area contributed by atoms with Crippen LogP contribution in [0.5, 0.6) is 0 Å². The zero-order chi connectivity index (χ0) is 9.54. The Morgan fingerprint density at radius 1 is 1.29 bits per heavy atom. The number of nitrogens with two attached hydrogens (primary N) is 1. The van der Waals surface area contributed by atoms with Crippen LogP contribution >= 0.6 is 0 Å². The van der Waals surface area contributed by atoms with Gasteiger partial charge in [-0.05, 0) is 30.9 Å². The molecule has 0 bridgehead atoms. The molecule has 3 rings (SSSR count). The summed E-state index contributed by atoms with van der Waals surface area (Å²) in [5, 5.41) is 1.15. The lowest BCUT2D eigenvalue weighted by molar-refractivity contribution is 0.467. The fourth-order valence-electron chi connectivity index (χ4n) is 1.85. The summed E-state index contributed by atoms with van der Waals surface area (Å²) in [7, 11) is 0. The van der Waals surface area contributed by atoms with Crippen molar-refractivity contribution in [3.8, 4) is 0 Å². The second-order valence-corrected chi connectivity index (χ2v) is 4.05. The Kier molecular flexibility index (Phi) is 1.64. The summed E-state index contributed by atoms with van der Waals surface area (Å²) in [6.07, 6.45) is 2.50. The largest absolute Gasteiger partial charge is 0.459 e. The van der Waals surface area contributed by atoms with Crippen molar-refractivity contribution in [2.24, 2.45) is 11.7 Å². The highest BCUT2D eigenvalue weighted by Crippen LogP contribution is 2.40. The Labute approximate surface area is 82.7 Å². The molecule has 1 aromatic heterocycles. The zero-order valence-corrected chi connectivity index (χ0v) is 7.94. The highest BCUT2D eigenvalue weighted by Gasteiger charge is 2.31. The zero-order valence-electron chi connectivity index (χ0n) is 7.94. The first-order chi connectivity index (χ1) is 6.84.